The van der Waals surface area contributed by atoms with Crippen LogP contribution in [0.5, 0.6) is 5.88 Å². The van der Waals surface area contributed by atoms with Gasteiger partial charge in [0.05, 0.1) is 19.1 Å². The highest BCUT2D eigenvalue weighted by Crippen LogP contribution is 2.28. The van der Waals surface area contributed by atoms with Gasteiger partial charge in [-0.3, -0.25) is 4.84 Å². The van der Waals surface area contributed by atoms with Crippen molar-refractivity contribution in [3.8, 4) is 11.6 Å². The number of hydroxylamine groups is 1. The van der Waals surface area contributed by atoms with E-state index in [0.29, 0.717) is 17.1 Å². The van der Waals surface area contributed by atoms with Crippen molar-refractivity contribution in [1.29, 1.82) is 0 Å². The molecule has 0 spiro atoms. The molecule has 8 heteroatoms. The molecule has 0 aliphatic carbocycles. The number of aliphatic imine (C=N–C) groups is 1. The number of hydrogen-bond donors (Lipinski definition) is 1. The standard InChI is InChI=1S/C20H20FN5O2/c1-12-4-6-14(7-5-12)17-18(21)24-19(25-28-17)15-8-9-16(20(23-15)27-3)26-10-13(2)22-11-26/h4-11,17-18H,1-3H3,(H,24,25)/t17?,18-/m1/s1. The van der Waals surface area contributed by atoms with E-state index in [-0.39, 0.29) is 5.84 Å². The first-order valence-corrected chi connectivity index (χ1v) is 8.81. The van der Waals surface area contributed by atoms with Crippen molar-refractivity contribution in [3.05, 3.63) is 71.4 Å². The van der Waals surface area contributed by atoms with E-state index in [2.05, 4.69) is 20.4 Å². The predicted molar refractivity (Wildman–Crippen MR) is 102 cm³/mol. The van der Waals surface area contributed by atoms with Gasteiger partial charge < -0.3 is 9.30 Å². The lowest BCUT2D eigenvalue weighted by molar-refractivity contribution is -0.0489. The summed E-state index contributed by atoms with van der Waals surface area (Å²) in [5, 5.41) is 0. The van der Waals surface area contributed by atoms with Crippen molar-refractivity contribution in [2.24, 2.45) is 4.99 Å². The lowest BCUT2D eigenvalue weighted by Crippen LogP contribution is -2.37. The summed E-state index contributed by atoms with van der Waals surface area (Å²) in [6.45, 7) is 3.87. The molecule has 1 aliphatic rings. The molecule has 1 N–H and O–H groups in total. The molecule has 0 fully saturated rings. The Balaban J connectivity index is 1.61. The van der Waals surface area contributed by atoms with Crippen LogP contribution in [0.2, 0.25) is 0 Å². The van der Waals surface area contributed by atoms with Crippen LogP contribution < -0.4 is 10.2 Å². The van der Waals surface area contributed by atoms with Crippen LogP contribution in [0.25, 0.3) is 5.69 Å². The van der Waals surface area contributed by atoms with Gasteiger partial charge in [-0.25, -0.2) is 24.8 Å². The minimum Gasteiger partial charge on any atom is -0.479 e. The van der Waals surface area contributed by atoms with Gasteiger partial charge in [-0.1, -0.05) is 29.8 Å². The molecule has 0 saturated heterocycles. The minimum atomic E-state index is -1.55. The van der Waals surface area contributed by atoms with Crippen LogP contribution >= 0.6 is 0 Å². The van der Waals surface area contributed by atoms with Crippen LogP contribution in [0.3, 0.4) is 0 Å². The number of amidine groups is 1. The molecule has 3 aromatic rings. The molecule has 0 bridgehead atoms. The average Bonchev–Trinajstić information content (AvgIpc) is 3.14. The van der Waals surface area contributed by atoms with Crippen molar-refractivity contribution in [1.82, 2.24) is 20.0 Å². The van der Waals surface area contributed by atoms with Crippen LogP contribution in [0.15, 0.2) is 53.9 Å². The molecule has 1 unspecified atom stereocenters. The Hall–Kier alpha value is -3.26. The number of nitrogens with zero attached hydrogens (tertiary/aromatic N) is 4. The van der Waals surface area contributed by atoms with E-state index >= 15 is 0 Å². The van der Waals surface area contributed by atoms with Crippen LogP contribution in [-0.4, -0.2) is 33.8 Å². The summed E-state index contributed by atoms with van der Waals surface area (Å²) in [6, 6.07) is 11.0. The quantitative estimate of drug-likeness (QED) is 0.703. The van der Waals surface area contributed by atoms with Gasteiger partial charge in [0.25, 0.3) is 0 Å². The second-order valence-electron chi connectivity index (χ2n) is 6.55. The molecule has 3 heterocycles. The number of pyridine rings is 1. The highest BCUT2D eigenvalue weighted by atomic mass is 19.1. The normalized spacial score (nSPS) is 19.1. The number of alkyl halides is 1. The van der Waals surface area contributed by atoms with Crippen LogP contribution in [0, 0.1) is 13.8 Å². The highest BCUT2D eigenvalue weighted by molar-refractivity contribution is 5.97. The number of methoxy groups -OCH3 is 1. The maximum absolute atomic E-state index is 14.7. The molecular weight excluding hydrogens is 361 g/mol. The van der Waals surface area contributed by atoms with Gasteiger partial charge in [-0.15, -0.1) is 0 Å². The predicted octanol–water partition coefficient (Wildman–Crippen LogP) is 3.21. The number of hydrogen-bond acceptors (Lipinski definition) is 6. The van der Waals surface area contributed by atoms with E-state index < -0.39 is 12.4 Å². The molecule has 2 atom stereocenters. The summed E-state index contributed by atoms with van der Waals surface area (Å²) in [7, 11) is 1.53. The number of benzene rings is 1. The first-order chi connectivity index (χ1) is 13.5. The Bertz CT molecular complexity index is 1020. The van der Waals surface area contributed by atoms with Gasteiger partial charge >= 0.3 is 0 Å². The van der Waals surface area contributed by atoms with Gasteiger partial charge in [0, 0.05) is 6.20 Å². The van der Waals surface area contributed by atoms with Gasteiger partial charge in [0.1, 0.15) is 11.4 Å². The first-order valence-electron chi connectivity index (χ1n) is 8.81. The second-order valence-corrected chi connectivity index (χ2v) is 6.55. The molecule has 0 amide bonds. The number of ether oxygens (including phenoxy) is 1. The van der Waals surface area contributed by atoms with E-state index in [1.807, 2.05) is 54.9 Å². The summed E-state index contributed by atoms with van der Waals surface area (Å²) in [6.07, 6.45) is 1.17. The summed E-state index contributed by atoms with van der Waals surface area (Å²) in [4.78, 5) is 18.3. The van der Waals surface area contributed by atoms with Crippen LogP contribution in [-0.2, 0) is 4.84 Å². The molecule has 4 rings (SSSR count). The molecule has 7 nitrogen and oxygen atoms in total. The van der Waals surface area contributed by atoms with Crippen molar-refractivity contribution in [2.75, 3.05) is 7.11 Å². The van der Waals surface area contributed by atoms with Crippen LogP contribution in [0.1, 0.15) is 28.6 Å². The van der Waals surface area contributed by atoms with Crippen molar-refractivity contribution < 1.29 is 14.0 Å². The Morgan fingerprint density at radius 2 is 1.93 bits per heavy atom. The highest BCUT2D eigenvalue weighted by Gasteiger charge is 2.30. The molecule has 0 saturated carbocycles. The molecule has 1 aromatic carbocycles. The zero-order valence-corrected chi connectivity index (χ0v) is 15.8. The molecule has 0 radical (unpaired) electrons. The zero-order valence-electron chi connectivity index (χ0n) is 15.8. The van der Waals surface area contributed by atoms with Crippen molar-refractivity contribution >= 4 is 5.84 Å². The van der Waals surface area contributed by atoms with Gasteiger partial charge in [0.15, 0.2) is 11.9 Å². The molecule has 2 aromatic heterocycles. The summed E-state index contributed by atoms with van der Waals surface area (Å²) >= 11 is 0. The molecule has 1 aliphatic heterocycles. The summed E-state index contributed by atoms with van der Waals surface area (Å²) in [5.74, 6) is 0.581. The number of aromatic nitrogens is 3. The average molecular weight is 381 g/mol. The van der Waals surface area contributed by atoms with E-state index in [0.717, 1.165) is 16.9 Å². The minimum absolute atomic E-state index is 0.211. The van der Waals surface area contributed by atoms with Gasteiger partial charge in [-0.05, 0) is 31.5 Å². The molecular formula is C20H20FN5O2. The third-order valence-electron chi connectivity index (χ3n) is 4.46. The fourth-order valence-electron chi connectivity index (χ4n) is 2.96. The monoisotopic (exact) mass is 381 g/mol. The fraction of sp³-hybridized carbons (Fsp3) is 0.250. The number of imidazole rings is 1. The molecule has 144 valence electrons. The molecule has 28 heavy (non-hydrogen) atoms. The zero-order chi connectivity index (χ0) is 19.7. The fourth-order valence-corrected chi connectivity index (χ4v) is 2.96. The summed E-state index contributed by atoms with van der Waals surface area (Å²) < 4.78 is 21.9. The maximum Gasteiger partial charge on any atom is 0.238 e. The smallest absolute Gasteiger partial charge is 0.238 e. The van der Waals surface area contributed by atoms with E-state index in [1.54, 1.807) is 12.4 Å². The maximum atomic E-state index is 14.7. The Labute approximate surface area is 161 Å². The van der Waals surface area contributed by atoms with E-state index in [9.17, 15) is 4.39 Å². The number of nitrogens with one attached hydrogen (secondary N) is 1. The third kappa shape index (κ3) is 3.46. The van der Waals surface area contributed by atoms with Crippen molar-refractivity contribution in [2.45, 2.75) is 26.2 Å². The van der Waals surface area contributed by atoms with E-state index in [4.69, 9.17) is 9.57 Å². The number of halogens is 1. The van der Waals surface area contributed by atoms with Gasteiger partial charge in [0.2, 0.25) is 12.2 Å². The lowest BCUT2D eigenvalue weighted by atomic mass is 10.1. The largest absolute Gasteiger partial charge is 0.479 e. The van der Waals surface area contributed by atoms with E-state index in [1.165, 1.54) is 7.11 Å². The number of aryl methyl sites for hydroxylation is 2. The Kier molecular flexibility index (Phi) is 4.79. The topological polar surface area (TPSA) is 73.6 Å². The summed E-state index contributed by atoms with van der Waals surface area (Å²) in [5.41, 5.74) is 6.54. The van der Waals surface area contributed by atoms with Gasteiger partial charge in [-0.2, -0.15) is 0 Å². The van der Waals surface area contributed by atoms with Crippen molar-refractivity contribution in [3.63, 3.8) is 0 Å². The lowest BCUT2D eigenvalue weighted by Gasteiger charge is -2.26. The SMILES string of the molecule is COc1nc(C2=N[C@@H](F)C(c3ccc(C)cc3)ON2)ccc1-n1cnc(C)c1. The Morgan fingerprint density at radius 3 is 2.57 bits per heavy atom. The Morgan fingerprint density at radius 1 is 1.14 bits per heavy atom. The third-order valence-corrected chi connectivity index (χ3v) is 4.46. The number of rotatable bonds is 4. The second kappa shape index (κ2) is 7.40. The van der Waals surface area contributed by atoms with Crippen LogP contribution in [0.4, 0.5) is 4.39 Å². The first kappa shape index (κ1) is 18.1.